The minimum atomic E-state index is -0.455. The van der Waals surface area contributed by atoms with Crippen LogP contribution in [-0.2, 0) is 4.79 Å². The van der Waals surface area contributed by atoms with Crippen LogP contribution in [0.25, 0.3) is 0 Å². The van der Waals surface area contributed by atoms with E-state index in [4.69, 9.17) is 15.9 Å². The van der Waals surface area contributed by atoms with E-state index in [1.54, 1.807) is 0 Å². The van der Waals surface area contributed by atoms with Gasteiger partial charge in [0.05, 0.1) is 19.3 Å². The van der Waals surface area contributed by atoms with Crippen molar-refractivity contribution in [2.75, 3.05) is 26.3 Å². The van der Waals surface area contributed by atoms with Crippen LogP contribution in [0.2, 0.25) is 0 Å². The van der Waals surface area contributed by atoms with Crippen LogP contribution in [-0.4, -0.2) is 53.4 Å². The van der Waals surface area contributed by atoms with E-state index in [-0.39, 0.29) is 25.0 Å². The summed E-state index contributed by atoms with van der Waals surface area (Å²) in [5, 5.41) is 17.8. The molecule has 5 nitrogen and oxygen atoms in total. The number of nitrogens with zero attached hydrogens (tertiary/aromatic N) is 1. The molecule has 0 spiro atoms. The first kappa shape index (κ1) is 10.4. The standard InChI is InChI=1S/C8H16N2O3/c9-2-6-1-8(13)10(3-6)7(4-11)5-12/h6-7,11-12H,1-5,9H2. The van der Waals surface area contributed by atoms with Crippen LogP contribution >= 0.6 is 0 Å². The number of amides is 1. The molecule has 4 N–H and O–H groups in total. The molecule has 1 fully saturated rings. The summed E-state index contributed by atoms with van der Waals surface area (Å²) in [5.74, 6) is 0.150. The summed E-state index contributed by atoms with van der Waals surface area (Å²) in [6.07, 6.45) is 0.438. The lowest BCUT2D eigenvalue weighted by Crippen LogP contribution is -2.41. The van der Waals surface area contributed by atoms with Crippen molar-refractivity contribution in [1.29, 1.82) is 0 Å². The van der Waals surface area contributed by atoms with Gasteiger partial charge in [-0.1, -0.05) is 0 Å². The van der Waals surface area contributed by atoms with Gasteiger partial charge in [-0.25, -0.2) is 0 Å². The Morgan fingerprint density at radius 2 is 2.15 bits per heavy atom. The fourth-order valence-electron chi connectivity index (χ4n) is 1.57. The van der Waals surface area contributed by atoms with E-state index in [0.29, 0.717) is 19.5 Å². The molecular formula is C8H16N2O3. The molecule has 13 heavy (non-hydrogen) atoms. The SMILES string of the molecule is NCC1CC(=O)N(C(CO)CO)C1. The summed E-state index contributed by atoms with van der Waals surface area (Å²) >= 11 is 0. The summed E-state index contributed by atoms with van der Waals surface area (Å²) in [5.41, 5.74) is 5.44. The topological polar surface area (TPSA) is 86.8 Å². The first-order chi connectivity index (χ1) is 6.22. The van der Waals surface area contributed by atoms with E-state index in [9.17, 15) is 4.79 Å². The fraction of sp³-hybridized carbons (Fsp3) is 0.875. The number of aliphatic hydroxyl groups excluding tert-OH is 2. The maximum Gasteiger partial charge on any atom is 0.223 e. The molecule has 0 bridgehead atoms. The van der Waals surface area contributed by atoms with Crippen molar-refractivity contribution in [3.63, 3.8) is 0 Å². The zero-order chi connectivity index (χ0) is 9.84. The predicted octanol–water partition coefficient (Wildman–Crippen LogP) is -1.85. The van der Waals surface area contributed by atoms with E-state index in [0.717, 1.165) is 0 Å². The average Bonchev–Trinajstić information content (AvgIpc) is 2.50. The Balaban J connectivity index is 2.55. The Morgan fingerprint density at radius 1 is 1.54 bits per heavy atom. The molecule has 1 amide bonds. The minimum Gasteiger partial charge on any atom is -0.394 e. The maximum absolute atomic E-state index is 11.4. The van der Waals surface area contributed by atoms with Crippen molar-refractivity contribution >= 4 is 5.91 Å². The number of likely N-dealkylation sites (tertiary alicyclic amines) is 1. The molecule has 0 aliphatic carbocycles. The van der Waals surface area contributed by atoms with Crippen LogP contribution in [0.3, 0.4) is 0 Å². The highest BCUT2D eigenvalue weighted by Crippen LogP contribution is 2.18. The van der Waals surface area contributed by atoms with Crippen LogP contribution in [0.15, 0.2) is 0 Å². The highest BCUT2D eigenvalue weighted by Gasteiger charge is 2.32. The van der Waals surface area contributed by atoms with Gasteiger partial charge in [0.2, 0.25) is 5.91 Å². The van der Waals surface area contributed by atoms with Crippen LogP contribution in [0.1, 0.15) is 6.42 Å². The van der Waals surface area contributed by atoms with Crippen molar-refractivity contribution in [2.24, 2.45) is 11.7 Å². The van der Waals surface area contributed by atoms with E-state index in [2.05, 4.69) is 0 Å². The van der Waals surface area contributed by atoms with Gasteiger partial charge in [-0.15, -0.1) is 0 Å². The van der Waals surface area contributed by atoms with Crippen molar-refractivity contribution in [3.8, 4) is 0 Å². The van der Waals surface area contributed by atoms with Gasteiger partial charge in [0.15, 0.2) is 0 Å². The highest BCUT2D eigenvalue weighted by molar-refractivity contribution is 5.79. The summed E-state index contributed by atoms with van der Waals surface area (Å²) in [7, 11) is 0. The molecule has 1 atom stereocenters. The normalized spacial score (nSPS) is 23.2. The zero-order valence-corrected chi connectivity index (χ0v) is 7.52. The summed E-state index contributed by atoms with van der Waals surface area (Å²) in [4.78, 5) is 12.9. The van der Waals surface area contributed by atoms with Crippen LogP contribution < -0.4 is 5.73 Å². The number of carbonyl (C=O) groups is 1. The molecule has 76 valence electrons. The smallest absolute Gasteiger partial charge is 0.223 e. The lowest BCUT2D eigenvalue weighted by molar-refractivity contribution is -0.131. The lowest BCUT2D eigenvalue weighted by atomic mass is 10.1. The summed E-state index contributed by atoms with van der Waals surface area (Å²) in [6, 6.07) is -0.455. The average molecular weight is 188 g/mol. The second-order valence-electron chi connectivity index (χ2n) is 3.37. The number of aliphatic hydroxyl groups is 2. The molecule has 1 unspecified atom stereocenters. The number of hydrogen-bond acceptors (Lipinski definition) is 4. The molecule has 1 aliphatic heterocycles. The van der Waals surface area contributed by atoms with E-state index >= 15 is 0 Å². The molecule has 1 heterocycles. The van der Waals surface area contributed by atoms with Gasteiger partial charge in [0.1, 0.15) is 0 Å². The van der Waals surface area contributed by atoms with Gasteiger partial charge >= 0.3 is 0 Å². The third-order valence-corrected chi connectivity index (χ3v) is 2.43. The molecule has 0 radical (unpaired) electrons. The Labute approximate surface area is 77.1 Å². The van der Waals surface area contributed by atoms with E-state index in [1.807, 2.05) is 0 Å². The molecule has 1 saturated heterocycles. The van der Waals surface area contributed by atoms with Crippen molar-refractivity contribution < 1.29 is 15.0 Å². The lowest BCUT2D eigenvalue weighted by Gasteiger charge is -2.24. The Kier molecular flexibility index (Phi) is 3.65. The summed E-state index contributed by atoms with van der Waals surface area (Å²) < 4.78 is 0. The van der Waals surface area contributed by atoms with Gasteiger partial charge in [-0.05, 0) is 12.5 Å². The van der Waals surface area contributed by atoms with Crippen molar-refractivity contribution in [3.05, 3.63) is 0 Å². The highest BCUT2D eigenvalue weighted by atomic mass is 16.3. The molecule has 0 saturated carbocycles. The molecule has 5 heteroatoms. The molecule has 0 aromatic heterocycles. The zero-order valence-electron chi connectivity index (χ0n) is 7.52. The third-order valence-electron chi connectivity index (χ3n) is 2.43. The van der Waals surface area contributed by atoms with Crippen molar-refractivity contribution in [2.45, 2.75) is 12.5 Å². The van der Waals surface area contributed by atoms with Crippen LogP contribution in [0.4, 0.5) is 0 Å². The van der Waals surface area contributed by atoms with Gasteiger partial charge < -0.3 is 20.8 Å². The van der Waals surface area contributed by atoms with Crippen LogP contribution in [0, 0.1) is 5.92 Å². The predicted molar refractivity (Wildman–Crippen MR) is 46.8 cm³/mol. The van der Waals surface area contributed by atoms with Crippen molar-refractivity contribution in [1.82, 2.24) is 4.90 Å². The number of nitrogens with two attached hydrogens (primary N) is 1. The summed E-state index contributed by atoms with van der Waals surface area (Å²) in [6.45, 7) is 0.645. The molecule has 0 aromatic rings. The van der Waals surface area contributed by atoms with Gasteiger partial charge in [-0.2, -0.15) is 0 Å². The maximum atomic E-state index is 11.4. The first-order valence-electron chi connectivity index (χ1n) is 4.44. The third kappa shape index (κ3) is 2.18. The number of hydrogen-bond donors (Lipinski definition) is 3. The van der Waals surface area contributed by atoms with Gasteiger partial charge in [0, 0.05) is 13.0 Å². The van der Waals surface area contributed by atoms with E-state index in [1.165, 1.54) is 4.90 Å². The quantitative estimate of drug-likeness (QED) is 0.483. The molecular weight excluding hydrogens is 172 g/mol. The van der Waals surface area contributed by atoms with Gasteiger partial charge in [0.25, 0.3) is 0 Å². The van der Waals surface area contributed by atoms with E-state index < -0.39 is 6.04 Å². The second kappa shape index (κ2) is 4.55. The number of rotatable bonds is 4. The first-order valence-corrected chi connectivity index (χ1v) is 4.44. The van der Waals surface area contributed by atoms with Gasteiger partial charge in [-0.3, -0.25) is 4.79 Å². The molecule has 0 aromatic carbocycles. The van der Waals surface area contributed by atoms with Crippen LogP contribution in [0.5, 0.6) is 0 Å². The Bertz CT molecular complexity index is 182. The molecule has 1 aliphatic rings. The Morgan fingerprint density at radius 3 is 2.54 bits per heavy atom. The minimum absolute atomic E-state index is 0.0245. The fourth-order valence-corrected chi connectivity index (χ4v) is 1.57. The second-order valence-corrected chi connectivity index (χ2v) is 3.37. The number of carbonyl (C=O) groups excluding carboxylic acids is 1. The largest absolute Gasteiger partial charge is 0.394 e. The molecule has 1 rings (SSSR count). The Hall–Kier alpha value is -0.650. The monoisotopic (exact) mass is 188 g/mol.